The van der Waals surface area contributed by atoms with E-state index in [9.17, 15) is 8.42 Å². The number of rotatable bonds is 8. The number of hydrogen-bond donors (Lipinski definition) is 5. The number of imidazole rings is 1. The summed E-state index contributed by atoms with van der Waals surface area (Å²) in [5.74, 6) is 0.0908. The maximum atomic E-state index is 11.8. The number of aromatic amines is 1. The van der Waals surface area contributed by atoms with Crippen LogP contribution in [0.2, 0.25) is 0 Å². The van der Waals surface area contributed by atoms with Crippen LogP contribution in [-0.2, 0) is 10.2 Å². The molecular weight excluding hydrogens is 406 g/mol. The molecule has 2 rings (SSSR count). The van der Waals surface area contributed by atoms with Crippen molar-refractivity contribution in [1.82, 2.24) is 14.7 Å². The molecule has 11 nitrogen and oxygen atoms in total. The standard InChI is InChI=1S/C13H24N4O2S.C5H3N5/c1-4-9-15-20(18,19)16-13-10-11(7-8-12(13)14)17(5-2)6-3;6-1-3-4(2-7)10-5(8)9-3/h7-8,10,15-16H,4-6,9,14H2,1-3H3;(H3,8,9,10). The van der Waals surface area contributed by atoms with Crippen molar-refractivity contribution in [2.24, 2.45) is 0 Å². The van der Waals surface area contributed by atoms with Crippen LogP contribution in [-0.4, -0.2) is 38.0 Å². The van der Waals surface area contributed by atoms with E-state index in [0.717, 1.165) is 25.2 Å². The quantitative estimate of drug-likeness (QED) is 0.387. The number of nitrogens with zero attached hydrogens (tertiary/aromatic N) is 4. The molecule has 0 radical (unpaired) electrons. The second-order valence-electron chi connectivity index (χ2n) is 6.01. The van der Waals surface area contributed by atoms with Gasteiger partial charge in [0.25, 0.3) is 10.2 Å². The average molecular weight is 434 g/mol. The van der Waals surface area contributed by atoms with Crippen molar-refractivity contribution in [2.45, 2.75) is 27.2 Å². The van der Waals surface area contributed by atoms with Gasteiger partial charge in [0.05, 0.1) is 11.4 Å². The van der Waals surface area contributed by atoms with Crippen LogP contribution in [0.4, 0.5) is 23.0 Å². The zero-order chi connectivity index (χ0) is 22.7. The Morgan fingerprint density at radius 1 is 1.17 bits per heavy atom. The Bertz CT molecular complexity index is 984. The van der Waals surface area contributed by atoms with Gasteiger partial charge in [-0.25, -0.2) is 4.98 Å². The molecule has 1 aromatic carbocycles. The molecule has 2 aromatic rings. The number of benzene rings is 1. The number of nitrogens with two attached hydrogens (primary N) is 2. The van der Waals surface area contributed by atoms with Crippen LogP contribution >= 0.6 is 0 Å². The maximum absolute atomic E-state index is 11.8. The third-order valence-electron chi connectivity index (χ3n) is 3.89. The van der Waals surface area contributed by atoms with Crippen molar-refractivity contribution in [3.05, 3.63) is 29.6 Å². The van der Waals surface area contributed by atoms with Crippen molar-refractivity contribution >= 4 is 33.2 Å². The lowest BCUT2D eigenvalue weighted by atomic mass is 10.2. The molecule has 1 heterocycles. The van der Waals surface area contributed by atoms with Gasteiger partial charge in [-0.3, -0.25) is 4.72 Å². The zero-order valence-electron chi connectivity index (χ0n) is 17.2. The van der Waals surface area contributed by atoms with E-state index in [1.165, 1.54) is 0 Å². The second-order valence-corrected chi connectivity index (χ2v) is 7.51. The van der Waals surface area contributed by atoms with Gasteiger partial charge in [0.15, 0.2) is 17.3 Å². The highest BCUT2D eigenvalue weighted by molar-refractivity contribution is 7.90. The fraction of sp³-hybridized carbons (Fsp3) is 0.389. The Morgan fingerprint density at radius 2 is 1.83 bits per heavy atom. The molecule has 12 heteroatoms. The van der Waals surface area contributed by atoms with Gasteiger partial charge in [0, 0.05) is 25.3 Å². The Hall–Kier alpha value is -3.48. The molecular formula is C18H27N9O2S. The van der Waals surface area contributed by atoms with E-state index in [4.69, 9.17) is 22.0 Å². The molecule has 7 N–H and O–H groups in total. The van der Waals surface area contributed by atoms with E-state index in [0.29, 0.717) is 17.9 Å². The van der Waals surface area contributed by atoms with Crippen LogP contribution in [0, 0.1) is 22.7 Å². The van der Waals surface area contributed by atoms with Gasteiger partial charge >= 0.3 is 0 Å². The van der Waals surface area contributed by atoms with Crippen molar-refractivity contribution in [2.75, 3.05) is 40.7 Å². The Balaban J connectivity index is 0.000000375. The molecule has 162 valence electrons. The smallest absolute Gasteiger partial charge is 0.299 e. The van der Waals surface area contributed by atoms with Crippen LogP contribution < -0.4 is 25.8 Å². The maximum Gasteiger partial charge on any atom is 0.299 e. The predicted octanol–water partition coefficient (Wildman–Crippen LogP) is 1.51. The third-order valence-corrected chi connectivity index (χ3v) is 4.96. The topological polar surface area (TPSA) is 190 Å². The summed E-state index contributed by atoms with van der Waals surface area (Å²) in [7, 11) is -3.57. The number of H-pyrrole nitrogens is 1. The van der Waals surface area contributed by atoms with Gasteiger partial charge in [-0.15, -0.1) is 0 Å². The summed E-state index contributed by atoms with van der Waals surface area (Å²) in [5.41, 5.74) is 12.9. The molecule has 0 aliphatic carbocycles. The number of anilines is 4. The molecule has 0 unspecified atom stereocenters. The SMILES string of the molecule is CCCNS(=O)(=O)Nc1cc(N(CC)CC)ccc1N.N#Cc1nc(N)[nH]c1C#N. The summed E-state index contributed by atoms with van der Waals surface area (Å²) in [6, 6.07) is 8.83. The van der Waals surface area contributed by atoms with Crippen LogP contribution in [0.5, 0.6) is 0 Å². The molecule has 0 spiro atoms. The predicted molar refractivity (Wildman–Crippen MR) is 118 cm³/mol. The first-order valence-electron chi connectivity index (χ1n) is 9.28. The number of nitriles is 2. The van der Waals surface area contributed by atoms with E-state index in [-0.39, 0.29) is 17.3 Å². The molecule has 0 saturated heterocycles. The van der Waals surface area contributed by atoms with E-state index in [1.54, 1.807) is 24.3 Å². The Kier molecular flexibility index (Phi) is 9.42. The Labute approximate surface area is 176 Å². The highest BCUT2D eigenvalue weighted by Crippen LogP contribution is 2.26. The molecule has 1 aromatic heterocycles. The molecule has 0 aliphatic rings. The van der Waals surface area contributed by atoms with E-state index < -0.39 is 10.2 Å². The average Bonchev–Trinajstić information content (AvgIpc) is 3.10. The van der Waals surface area contributed by atoms with E-state index in [2.05, 4.69) is 24.3 Å². The number of aromatic nitrogens is 2. The monoisotopic (exact) mass is 433 g/mol. The molecule has 0 bridgehead atoms. The van der Waals surface area contributed by atoms with Crippen LogP contribution in [0.25, 0.3) is 0 Å². The fourth-order valence-electron chi connectivity index (χ4n) is 2.39. The number of nitrogen functional groups attached to an aromatic ring is 2. The van der Waals surface area contributed by atoms with Gasteiger partial charge < -0.3 is 21.4 Å². The number of hydrogen-bond acceptors (Lipinski definition) is 8. The van der Waals surface area contributed by atoms with Crippen LogP contribution in [0.1, 0.15) is 38.6 Å². The summed E-state index contributed by atoms with van der Waals surface area (Å²) in [6.45, 7) is 8.09. The summed E-state index contributed by atoms with van der Waals surface area (Å²) in [4.78, 5) is 8.09. The van der Waals surface area contributed by atoms with Gasteiger partial charge in [0.2, 0.25) is 0 Å². The molecule has 0 amide bonds. The van der Waals surface area contributed by atoms with Crippen LogP contribution in [0.15, 0.2) is 18.2 Å². The lowest BCUT2D eigenvalue weighted by Crippen LogP contribution is -2.31. The third kappa shape index (κ3) is 7.16. The lowest BCUT2D eigenvalue weighted by molar-refractivity contribution is 0.586. The summed E-state index contributed by atoms with van der Waals surface area (Å²) in [6.07, 6.45) is 0.732. The Morgan fingerprint density at radius 3 is 2.33 bits per heavy atom. The highest BCUT2D eigenvalue weighted by atomic mass is 32.2. The van der Waals surface area contributed by atoms with Crippen molar-refractivity contribution in [3.63, 3.8) is 0 Å². The minimum Gasteiger partial charge on any atom is -0.397 e. The summed E-state index contributed by atoms with van der Waals surface area (Å²) in [5, 5.41) is 16.7. The first-order valence-corrected chi connectivity index (χ1v) is 10.8. The first kappa shape index (κ1) is 24.6. The molecule has 0 aliphatic heterocycles. The summed E-state index contributed by atoms with van der Waals surface area (Å²) < 4.78 is 28.6. The first-order chi connectivity index (χ1) is 14.2. The lowest BCUT2D eigenvalue weighted by Gasteiger charge is -2.22. The van der Waals surface area contributed by atoms with Crippen molar-refractivity contribution in [3.8, 4) is 12.1 Å². The largest absolute Gasteiger partial charge is 0.397 e. The highest BCUT2D eigenvalue weighted by Gasteiger charge is 2.12. The van der Waals surface area contributed by atoms with Gasteiger partial charge in [0.1, 0.15) is 12.1 Å². The van der Waals surface area contributed by atoms with E-state index in [1.807, 2.05) is 26.8 Å². The normalized spacial score (nSPS) is 10.3. The molecule has 0 saturated carbocycles. The van der Waals surface area contributed by atoms with Gasteiger partial charge in [-0.1, -0.05) is 6.92 Å². The van der Waals surface area contributed by atoms with Crippen LogP contribution in [0.3, 0.4) is 0 Å². The van der Waals surface area contributed by atoms with Crippen molar-refractivity contribution < 1.29 is 8.42 Å². The number of nitrogens with one attached hydrogen (secondary N) is 3. The van der Waals surface area contributed by atoms with E-state index >= 15 is 0 Å². The fourth-order valence-corrected chi connectivity index (χ4v) is 3.40. The zero-order valence-corrected chi connectivity index (χ0v) is 18.0. The molecule has 30 heavy (non-hydrogen) atoms. The molecule has 0 atom stereocenters. The minimum absolute atomic E-state index is 0.0417. The summed E-state index contributed by atoms with van der Waals surface area (Å²) >= 11 is 0. The minimum atomic E-state index is -3.57. The van der Waals surface area contributed by atoms with Gasteiger partial charge in [-0.2, -0.15) is 23.7 Å². The van der Waals surface area contributed by atoms with Crippen molar-refractivity contribution in [1.29, 1.82) is 10.5 Å². The second kappa shape index (κ2) is 11.5. The van der Waals surface area contributed by atoms with Gasteiger partial charge in [-0.05, 0) is 38.5 Å². The molecule has 0 fully saturated rings.